The molecule has 3 heteroatoms. The van der Waals surface area contributed by atoms with Crippen molar-refractivity contribution in [3.8, 4) is 0 Å². The van der Waals surface area contributed by atoms with Gasteiger partial charge in [-0.1, -0.05) is 20.8 Å². The van der Waals surface area contributed by atoms with Gasteiger partial charge in [0.25, 0.3) is 0 Å². The summed E-state index contributed by atoms with van der Waals surface area (Å²) in [7, 11) is 1.74. The smallest absolute Gasteiger partial charge is 0.0620 e. The predicted octanol–water partition coefficient (Wildman–Crippen LogP) is 2.45. The zero-order valence-electron chi connectivity index (χ0n) is 11.9. The van der Waals surface area contributed by atoms with E-state index in [2.05, 4.69) is 26.1 Å². The lowest BCUT2D eigenvalue weighted by atomic mass is 9.82. The Labute approximate surface area is 106 Å². The zero-order chi connectivity index (χ0) is 12.7. The van der Waals surface area contributed by atoms with E-state index in [4.69, 9.17) is 9.47 Å². The minimum absolute atomic E-state index is 0.354. The zero-order valence-corrected chi connectivity index (χ0v) is 11.9. The Morgan fingerprint density at radius 3 is 2.76 bits per heavy atom. The van der Waals surface area contributed by atoms with Crippen molar-refractivity contribution < 1.29 is 9.47 Å². The van der Waals surface area contributed by atoms with Crippen LogP contribution in [0.5, 0.6) is 0 Å². The molecule has 2 atom stereocenters. The Hall–Kier alpha value is -0.120. The Morgan fingerprint density at radius 2 is 2.12 bits per heavy atom. The highest BCUT2D eigenvalue weighted by molar-refractivity contribution is 4.80. The first-order chi connectivity index (χ1) is 8.03. The van der Waals surface area contributed by atoms with E-state index >= 15 is 0 Å². The maximum atomic E-state index is 5.95. The molecule has 0 aromatic carbocycles. The van der Waals surface area contributed by atoms with E-state index in [0.717, 1.165) is 32.7 Å². The number of ether oxygens (including phenoxy) is 2. The van der Waals surface area contributed by atoms with Gasteiger partial charge in [0.15, 0.2) is 0 Å². The topological polar surface area (TPSA) is 30.5 Å². The lowest BCUT2D eigenvalue weighted by Crippen LogP contribution is -2.39. The minimum atomic E-state index is 0.354. The molecule has 1 saturated heterocycles. The summed E-state index contributed by atoms with van der Waals surface area (Å²) >= 11 is 0. The van der Waals surface area contributed by atoms with E-state index < -0.39 is 0 Å². The first-order valence-electron chi connectivity index (χ1n) is 6.84. The van der Waals surface area contributed by atoms with Crippen LogP contribution in [0.1, 0.15) is 40.0 Å². The number of hydrogen-bond acceptors (Lipinski definition) is 3. The van der Waals surface area contributed by atoms with Gasteiger partial charge in [0.2, 0.25) is 0 Å². The summed E-state index contributed by atoms with van der Waals surface area (Å²) in [6.07, 6.45) is 4.08. The molecule has 0 radical (unpaired) electrons. The standard InChI is InChI=1S/C14H29NO2/c1-14(2,3)10-13-12(6-5-8-17-13)11-15-7-9-16-4/h12-13,15H,5-11H2,1-4H3. The number of rotatable bonds is 6. The van der Waals surface area contributed by atoms with Crippen molar-refractivity contribution in [2.75, 3.05) is 33.4 Å². The van der Waals surface area contributed by atoms with Crippen LogP contribution in [-0.4, -0.2) is 39.5 Å². The summed E-state index contributed by atoms with van der Waals surface area (Å²) in [5, 5.41) is 3.47. The van der Waals surface area contributed by atoms with E-state index in [1.54, 1.807) is 7.11 Å². The normalized spacial score (nSPS) is 26.1. The molecule has 0 saturated carbocycles. The van der Waals surface area contributed by atoms with Gasteiger partial charge in [-0.15, -0.1) is 0 Å². The number of hydrogen-bond donors (Lipinski definition) is 1. The molecule has 1 aliphatic heterocycles. The lowest BCUT2D eigenvalue weighted by molar-refractivity contribution is -0.0461. The summed E-state index contributed by atoms with van der Waals surface area (Å²) in [6.45, 7) is 10.6. The van der Waals surface area contributed by atoms with Crippen LogP contribution in [0.2, 0.25) is 0 Å². The molecule has 1 heterocycles. The third kappa shape index (κ3) is 6.39. The second kappa shape index (κ2) is 7.34. The van der Waals surface area contributed by atoms with Crippen molar-refractivity contribution >= 4 is 0 Å². The van der Waals surface area contributed by atoms with E-state index in [1.807, 2.05) is 0 Å². The average molecular weight is 243 g/mol. The van der Waals surface area contributed by atoms with Crippen molar-refractivity contribution in [3.05, 3.63) is 0 Å². The van der Waals surface area contributed by atoms with Crippen LogP contribution in [0.3, 0.4) is 0 Å². The van der Waals surface area contributed by atoms with Crippen molar-refractivity contribution in [1.82, 2.24) is 5.32 Å². The molecule has 0 aliphatic carbocycles. The Morgan fingerprint density at radius 1 is 1.35 bits per heavy atom. The molecule has 2 unspecified atom stereocenters. The van der Waals surface area contributed by atoms with E-state index in [-0.39, 0.29) is 0 Å². The molecule has 1 N–H and O–H groups in total. The second-order valence-electron chi connectivity index (χ2n) is 6.27. The maximum absolute atomic E-state index is 5.95. The van der Waals surface area contributed by atoms with Crippen molar-refractivity contribution in [2.45, 2.75) is 46.1 Å². The van der Waals surface area contributed by atoms with Crippen molar-refractivity contribution in [2.24, 2.45) is 11.3 Å². The minimum Gasteiger partial charge on any atom is -0.383 e. The summed E-state index contributed by atoms with van der Waals surface area (Å²) in [5.74, 6) is 0.667. The fraction of sp³-hybridized carbons (Fsp3) is 1.00. The van der Waals surface area contributed by atoms with Gasteiger partial charge in [0, 0.05) is 26.8 Å². The van der Waals surface area contributed by atoms with Gasteiger partial charge in [-0.05, 0) is 30.6 Å². The van der Waals surface area contributed by atoms with Crippen LogP contribution >= 0.6 is 0 Å². The second-order valence-corrected chi connectivity index (χ2v) is 6.27. The average Bonchev–Trinajstić information content (AvgIpc) is 2.24. The van der Waals surface area contributed by atoms with Crippen LogP contribution in [0.25, 0.3) is 0 Å². The molecule has 102 valence electrons. The SMILES string of the molecule is COCCNCC1CCCOC1CC(C)(C)C. The van der Waals surface area contributed by atoms with Crippen molar-refractivity contribution in [1.29, 1.82) is 0 Å². The Kier molecular flexibility index (Phi) is 6.45. The molecule has 1 aliphatic rings. The molecule has 3 nitrogen and oxygen atoms in total. The number of nitrogens with one attached hydrogen (secondary N) is 1. The van der Waals surface area contributed by atoms with Crippen LogP contribution in [0.4, 0.5) is 0 Å². The number of methoxy groups -OCH3 is 1. The van der Waals surface area contributed by atoms with Gasteiger partial charge < -0.3 is 14.8 Å². The molecule has 0 amide bonds. The Bertz CT molecular complexity index is 201. The van der Waals surface area contributed by atoms with Gasteiger partial charge in [-0.2, -0.15) is 0 Å². The monoisotopic (exact) mass is 243 g/mol. The molecule has 0 bridgehead atoms. The van der Waals surface area contributed by atoms with E-state index in [1.165, 1.54) is 12.8 Å². The summed E-state index contributed by atoms with van der Waals surface area (Å²) in [4.78, 5) is 0. The van der Waals surface area contributed by atoms with Gasteiger partial charge in [-0.3, -0.25) is 0 Å². The molecule has 1 fully saturated rings. The molecular weight excluding hydrogens is 214 g/mol. The lowest BCUT2D eigenvalue weighted by Gasteiger charge is -2.36. The molecule has 17 heavy (non-hydrogen) atoms. The fourth-order valence-electron chi connectivity index (χ4n) is 2.43. The van der Waals surface area contributed by atoms with Gasteiger partial charge >= 0.3 is 0 Å². The highest BCUT2D eigenvalue weighted by atomic mass is 16.5. The predicted molar refractivity (Wildman–Crippen MR) is 71.3 cm³/mol. The molecule has 0 aromatic heterocycles. The molecule has 0 aromatic rings. The van der Waals surface area contributed by atoms with Gasteiger partial charge in [0.1, 0.15) is 0 Å². The first-order valence-corrected chi connectivity index (χ1v) is 6.84. The fourth-order valence-corrected chi connectivity index (χ4v) is 2.43. The van der Waals surface area contributed by atoms with E-state index in [0.29, 0.717) is 17.4 Å². The third-order valence-corrected chi connectivity index (χ3v) is 3.28. The first kappa shape index (κ1) is 14.9. The summed E-state index contributed by atoms with van der Waals surface area (Å²) in [6, 6.07) is 0. The summed E-state index contributed by atoms with van der Waals surface area (Å²) < 4.78 is 11.0. The molecular formula is C14H29NO2. The molecule has 0 spiro atoms. The summed E-state index contributed by atoms with van der Waals surface area (Å²) in [5.41, 5.74) is 0.354. The highest BCUT2D eigenvalue weighted by Crippen LogP contribution is 2.30. The van der Waals surface area contributed by atoms with Crippen LogP contribution in [0, 0.1) is 11.3 Å². The highest BCUT2D eigenvalue weighted by Gasteiger charge is 2.29. The van der Waals surface area contributed by atoms with Crippen molar-refractivity contribution in [3.63, 3.8) is 0 Å². The van der Waals surface area contributed by atoms with Crippen LogP contribution < -0.4 is 5.32 Å². The molecule has 1 rings (SSSR count). The van der Waals surface area contributed by atoms with Gasteiger partial charge in [-0.25, -0.2) is 0 Å². The third-order valence-electron chi connectivity index (χ3n) is 3.28. The Balaban J connectivity index is 2.32. The van der Waals surface area contributed by atoms with Gasteiger partial charge in [0.05, 0.1) is 12.7 Å². The largest absolute Gasteiger partial charge is 0.383 e. The van der Waals surface area contributed by atoms with E-state index in [9.17, 15) is 0 Å². The quantitative estimate of drug-likeness (QED) is 0.727. The van der Waals surface area contributed by atoms with Crippen LogP contribution in [-0.2, 0) is 9.47 Å². The van der Waals surface area contributed by atoms with Crippen LogP contribution in [0.15, 0.2) is 0 Å². The maximum Gasteiger partial charge on any atom is 0.0620 e.